The van der Waals surface area contributed by atoms with Crippen LogP contribution in [0.2, 0.25) is 0 Å². The van der Waals surface area contributed by atoms with E-state index in [0.717, 1.165) is 49.9 Å². The van der Waals surface area contributed by atoms with Gasteiger partial charge in [-0.05, 0) is 30.5 Å². The van der Waals surface area contributed by atoms with Crippen LogP contribution in [0.15, 0.2) is 23.2 Å². The molecule has 0 bridgehead atoms. The summed E-state index contributed by atoms with van der Waals surface area (Å²) < 4.78 is 10.6. The van der Waals surface area contributed by atoms with Gasteiger partial charge in [-0.2, -0.15) is 0 Å². The lowest BCUT2D eigenvalue weighted by molar-refractivity contribution is 0.157. The van der Waals surface area contributed by atoms with Gasteiger partial charge >= 0.3 is 0 Å². The number of hydrogen-bond donors (Lipinski definition) is 1. The molecule has 5 nitrogen and oxygen atoms in total. The summed E-state index contributed by atoms with van der Waals surface area (Å²) in [6.45, 7) is 5.65. The molecule has 0 aliphatic carbocycles. The van der Waals surface area contributed by atoms with Gasteiger partial charge in [-0.25, -0.2) is 0 Å². The lowest BCUT2D eigenvalue weighted by Gasteiger charge is -2.22. The van der Waals surface area contributed by atoms with E-state index in [1.165, 1.54) is 5.56 Å². The zero-order chi connectivity index (χ0) is 15.9. The molecule has 130 valence electrons. The summed E-state index contributed by atoms with van der Waals surface area (Å²) in [6.07, 6.45) is 1.16. The highest BCUT2D eigenvalue weighted by Crippen LogP contribution is 2.19. The fraction of sp³-hybridized carbons (Fsp3) is 0.588. The first-order valence-electron chi connectivity index (χ1n) is 7.76. The minimum atomic E-state index is 0. The standard InChI is InChI=1S/C17H27N3O2.HI/c1-13-5-6-14(9-16(13)22-4)10-19-17(18-2)20-8-7-15(11-20)12-21-3;/h5-6,9,15H,7-8,10-12H2,1-4H3,(H,18,19);1H. The third kappa shape index (κ3) is 5.53. The van der Waals surface area contributed by atoms with Crippen molar-refractivity contribution in [1.82, 2.24) is 10.2 Å². The van der Waals surface area contributed by atoms with Crippen LogP contribution in [0.5, 0.6) is 5.75 Å². The number of nitrogens with zero attached hydrogens (tertiary/aromatic N) is 2. The zero-order valence-electron chi connectivity index (χ0n) is 14.5. The van der Waals surface area contributed by atoms with Gasteiger partial charge in [0.1, 0.15) is 5.75 Å². The molecule has 2 rings (SSSR count). The Morgan fingerprint density at radius 1 is 1.39 bits per heavy atom. The second kappa shape index (κ2) is 9.97. The normalized spacial score (nSPS) is 17.8. The molecule has 6 heteroatoms. The molecule has 1 aromatic carbocycles. The van der Waals surface area contributed by atoms with Crippen molar-refractivity contribution in [3.63, 3.8) is 0 Å². The average molecular weight is 433 g/mol. The second-order valence-electron chi connectivity index (χ2n) is 5.76. The molecule has 1 saturated heterocycles. The summed E-state index contributed by atoms with van der Waals surface area (Å²) >= 11 is 0. The van der Waals surface area contributed by atoms with Crippen LogP contribution in [0.4, 0.5) is 0 Å². The number of nitrogens with one attached hydrogen (secondary N) is 1. The van der Waals surface area contributed by atoms with Crippen LogP contribution in [0, 0.1) is 12.8 Å². The maximum atomic E-state index is 5.38. The topological polar surface area (TPSA) is 46.1 Å². The molecule has 1 aliphatic heterocycles. The Bertz CT molecular complexity index is 523. The van der Waals surface area contributed by atoms with Crippen molar-refractivity contribution in [2.24, 2.45) is 10.9 Å². The molecular weight excluding hydrogens is 405 g/mol. The molecule has 23 heavy (non-hydrogen) atoms. The SMILES string of the molecule is CN=C(NCc1ccc(C)c(OC)c1)N1CCC(COC)C1.I. The Morgan fingerprint density at radius 3 is 2.83 bits per heavy atom. The molecule has 1 atom stereocenters. The van der Waals surface area contributed by atoms with Crippen LogP contribution < -0.4 is 10.1 Å². The molecule has 1 aliphatic rings. The fourth-order valence-corrected chi connectivity index (χ4v) is 2.88. The fourth-order valence-electron chi connectivity index (χ4n) is 2.88. The van der Waals surface area contributed by atoms with Gasteiger partial charge in [0, 0.05) is 39.7 Å². The summed E-state index contributed by atoms with van der Waals surface area (Å²) in [4.78, 5) is 6.70. The number of benzene rings is 1. The maximum absolute atomic E-state index is 5.38. The smallest absolute Gasteiger partial charge is 0.193 e. The summed E-state index contributed by atoms with van der Waals surface area (Å²) in [5.74, 6) is 2.48. The monoisotopic (exact) mass is 433 g/mol. The van der Waals surface area contributed by atoms with E-state index in [0.29, 0.717) is 5.92 Å². The molecule has 0 amide bonds. The van der Waals surface area contributed by atoms with Crippen molar-refractivity contribution in [3.05, 3.63) is 29.3 Å². The Balaban J connectivity index is 0.00000264. The van der Waals surface area contributed by atoms with Gasteiger partial charge in [-0.15, -0.1) is 24.0 Å². The van der Waals surface area contributed by atoms with Crippen LogP contribution >= 0.6 is 24.0 Å². The molecule has 0 spiro atoms. The molecule has 0 saturated carbocycles. The largest absolute Gasteiger partial charge is 0.496 e. The summed E-state index contributed by atoms with van der Waals surface area (Å²) in [5.41, 5.74) is 2.34. The second-order valence-corrected chi connectivity index (χ2v) is 5.76. The molecule has 0 aromatic heterocycles. The van der Waals surface area contributed by atoms with E-state index >= 15 is 0 Å². The van der Waals surface area contributed by atoms with Crippen LogP contribution in [0.25, 0.3) is 0 Å². The van der Waals surface area contributed by atoms with Crippen molar-refractivity contribution >= 4 is 29.9 Å². The summed E-state index contributed by atoms with van der Waals surface area (Å²) in [7, 11) is 5.31. The number of methoxy groups -OCH3 is 2. The van der Waals surface area contributed by atoms with Gasteiger partial charge in [0.05, 0.1) is 13.7 Å². The van der Waals surface area contributed by atoms with E-state index in [2.05, 4.69) is 40.3 Å². The number of halogens is 1. The predicted molar refractivity (Wildman–Crippen MR) is 105 cm³/mol. The van der Waals surface area contributed by atoms with Crippen molar-refractivity contribution in [1.29, 1.82) is 0 Å². The van der Waals surface area contributed by atoms with E-state index in [4.69, 9.17) is 9.47 Å². The molecule has 1 unspecified atom stereocenters. The van der Waals surface area contributed by atoms with E-state index in [1.807, 2.05) is 7.05 Å². The van der Waals surface area contributed by atoms with Gasteiger partial charge in [0.2, 0.25) is 0 Å². The quantitative estimate of drug-likeness (QED) is 0.441. The number of ether oxygens (including phenoxy) is 2. The molecule has 0 radical (unpaired) electrons. The van der Waals surface area contributed by atoms with Crippen molar-refractivity contribution in [3.8, 4) is 5.75 Å². The van der Waals surface area contributed by atoms with E-state index in [-0.39, 0.29) is 24.0 Å². The highest BCUT2D eigenvalue weighted by atomic mass is 127. The van der Waals surface area contributed by atoms with Gasteiger partial charge in [-0.1, -0.05) is 12.1 Å². The van der Waals surface area contributed by atoms with E-state index in [1.54, 1.807) is 14.2 Å². The third-order valence-electron chi connectivity index (χ3n) is 4.12. The van der Waals surface area contributed by atoms with E-state index in [9.17, 15) is 0 Å². The van der Waals surface area contributed by atoms with Gasteiger partial charge in [0.25, 0.3) is 0 Å². The lowest BCUT2D eigenvalue weighted by Crippen LogP contribution is -2.39. The molecular formula is C17H28IN3O2. The maximum Gasteiger partial charge on any atom is 0.193 e. The zero-order valence-corrected chi connectivity index (χ0v) is 16.8. The molecule has 1 fully saturated rings. The minimum Gasteiger partial charge on any atom is -0.496 e. The number of likely N-dealkylation sites (tertiary alicyclic amines) is 1. The lowest BCUT2D eigenvalue weighted by atomic mass is 10.1. The Hall–Kier alpha value is -1.02. The minimum absolute atomic E-state index is 0. The Kier molecular flexibility index (Phi) is 8.68. The first kappa shape index (κ1) is 20.0. The highest BCUT2D eigenvalue weighted by Gasteiger charge is 2.24. The average Bonchev–Trinajstić information content (AvgIpc) is 2.98. The molecule has 1 heterocycles. The van der Waals surface area contributed by atoms with Gasteiger partial charge in [-0.3, -0.25) is 4.99 Å². The first-order valence-corrected chi connectivity index (χ1v) is 7.76. The number of aliphatic imine (C=N–C) groups is 1. The van der Waals surface area contributed by atoms with Gasteiger partial charge < -0.3 is 19.7 Å². The highest BCUT2D eigenvalue weighted by molar-refractivity contribution is 14.0. The predicted octanol–water partition coefficient (Wildman–Crippen LogP) is 2.67. The van der Waals surface area contributed by atoms with Crippen LogP contribution in [-0.2, 0) is 11.3 Å². The Morgan fingerprint density at radius 2 is 2.17 bits per heavy atom. The number of rotatable bonds is 5. The van der Waals surface area contributed by atoms with Crippen molar-refractivity contribution in [2.75, 3.05) is 41.0 Å². The molecule has 1 N–H and O–H groups in total. The van der Waals surface area contributed by atoms with Gasteiger partial charge in [0.15, 0.2) is 5.96 Å². The van der Waals surface area contributed by atoms with Crippen molar-refractivity contribution < 1.29 is 9.47 Å². The van der Waals surface area contributed by atoms with E-state index < -0.39 is 0 Å². The first-order chi connectivity index (χ1) is 10.7. The summed E-state index contributed by atoms with van der Waals surface area (Å²) in [5, 5.41) is 3.44. The third-order valence-corrected chi connectivity index (χ3v) is 4.12. The van der Waals surface area contributed by atoms with Crippen LogP contribution in [0.1, 0.15) is 17.5 Å². The Labute approximate surface area is 156 Å². The number of guanidine groups is 1. The van der Waals surface area contributed by atoms with Crippen molar-refractivity contribution in [2.45, 2.75) is 19.9 Å². The molecule has 1 aromatic rings. The van der Waals surface area contributed by atoms with Crippen LogP contribution in [0.3, 0.4) is 0 Å². The summed E-state index contributed by atoms with van der Waals surface area (Å²) in [6, 6.07) is 6.28. The number of hydrogen-bond acceptors (Lipinski definition) is 3. The van der Waals surface area contributed by atoms with Crippen LogP contribution in [-0.4, -0.2) is 51.8 Å². The number of aryl methyl sites for hydroxylation is 1.